The van der Waals surface area contributed by atoms with Gasteiger partial charge in [0, 0.05) is 18.7 Å². The van der Waals surface area contributed by atoms with Crippen molar-refractivity contribution in [1.82, 2.24) is 15.1 Å². The minimum Gasteiger partial charge on any atom is -0.497 e. The fraction of sp³-hybridized carbons (Fsp3) is 0.375. The van der Waals surface area contributed by atoms with Gasteiger partial charge in [0.15, 0.2) is 0 Å². The van der Waals surface area contributed by atoms with Gasteiger partial charge in [-0.25, -0.2) is 9.48 Å². The summed E-state index contributed by atoms with van der Waals surface area (Å²) in [6.45, 7) is 6.44. The molecule has 0 saturated carbocycles. The Kier molecular flexibility index (Phi) is 5.04. The molecular formula is C16H22N4O2. The molecule has 6 nitrogen and oxygen atoms in total. The number of carbonyl (C=O) groups excluding carboxylic acids is 1. The number of ether oxygens (including phenoxy) is 1. The number of benzene rings is 1. The highest BCUT2D eigenvalue weighted by molar-refractivity contribution is 5.88. The van der Waals surface area contributed by atoms with E-state index in [1.54, 1.807) is 24.1 Å². The third-order valence-corrected chi connectivity index (χ3v) is 3.20. The van der Waals surface area contributed by atoms with Crippen molar-refractivity contribution in [3.05, 3.63) is 41.6 Å². The molecule has 2 N–H and O–H groups in total. The van der Waals surface area contributed by atoms with E-state index in [0.717, 1.165) is 16.9 Å². The van der Waals surface area contributed by atoms with Crippen molar-refractivity contribution in [2.75, 3.05) is 12.4 Å². The molecule has 1 heterocycles. The van der Waals surface area contributed by atoms with Gasteiger partial charge in [-0.05, 0) is 44.0 Å². The first kappa shape index (κ1) is 15.9. The summed E-state index contributed by atoms with van der Waals surface area (Å²) in [5.74, 6) is 1.46. The zero-order valence-electron chi connectivity index (χ0n) is 13.4. The van der Waals surface area contributed by atoms with Crippen LogP contribution in [-0.4, -0.2) is 22.9 Å². The molecule has 0 radical (unpaired) electrons. The third kappa shape index (κ3) is 4.00. The SMILES string of the molecule is COc1cc(C)cc(CNC(=O)Nc2ccnn2C(C)C)c1. The Bertz CT molecular complexity index is 649. The lowest BCUT2D eigenvalue weighted by atomic mass is 10.1. The van der Waals surface area contributed by atoms with Crippen LogP contribution in [0.3, 0.4) is 0 Å². The van der Waals surface area contributed by atoms with Crippen molar-refractivity contribution in [1.29, 1.82) is 0 Å². The number of nitrogens with one attached hydrogen (secondary N) is 2. The van der Waals surface area contributed by atoms with E-state index in [1.807, 2.05) is 39.0 Å². The normalized spacial score (nSPS) is 10.6. The summed E-state index contributed by atoms with van der Waals surface area (Å²) in [5.41, 5.74) is 2.08. The van der Waals surface area contributed by atoms with Crippen LogP contribution >= 0.6 is 0 Å². The van der Waals surface area contributed by atoms with E-state index < -0.39 is 0 Å². The minimum absolute atomic E-state index is 0.186. The van der Waals surface area contributed by atoms with Crippen molar-refractivity contribution < 1.29 is 9.53 Å². The second-order valence-electron chi connectivity index (χ2n) is 5.42. The van der Waals surface area contributed by atoms with Gasteiger partial charge in [-0.3, -0.25) is 5.32 Å². The highest BCUT2D eigenvalue weighted by atomic mass is 16.5. The monoisotopic (exact) mass is 302 g/mol. The molecule has 118 valence electrons. The number of urea groups is 1. The first-order chi connectivity index (χ1) is 10.5. The molecule has 0 aliphatic carbocycles. The van der Waals surface area contributed by atoms with Crippen LogP contribution in [0.2, 0.25) is 0 Å². The van der Waals surface area contributed by atoms with Gasteiger partial charge in [-0.15, -0.1) is 0 Å². The van der Waals surface area contributed by atoms with Gasteiger partial charge in [0.05, 0.1) is 13.3 Å². The summed E-state index contributed by atoms with van der Waals surface area (Å²) in [6, 6.07) is 7.57. The van der Waals surface area contributed by atoms with Gasteiger partial charge in [0.25, 0.3) is 0 Å². The van der Waals surface area contributed by atoms with Crippen LogP contribution in [-0.2, 0) is 6.54 Å². The number of amides is 2. The molecular weight excluding hydrogens is 280 g/mol. The number of nitrogens with zero attached hydrogens (tertiary/aromatic N) is 2. The van der Waals surface area contributed by atoms with Crippen molar-refractivity contribution in [3.63, 3.8) is 0 Å². The molecule has 0 saturated heterocycles. The van der Waals surface area contributed by atoms with Crippen LogP contribution < -0.4 is 15.4 Å². The highest BCUT2D eigenvalue weighted by Crippen LogP contribution is 2.16. The van der Waals surface area contributed by atoms with Crippen LogP contribution in [0, 0.1) is 6.92 Å². The Hall–Kier alpha value is -2.50. The Morgan fingerprint density at radius 3 is 2.82 bits per heavy atom. The third-order valence-electron chi connectivity index (χ3n) is 3.20. The van der Waals surface area contributed by atoms with Gasteiger partial charge >= 0.3 is 6.03 Å². The van der Waals surface area contributed by atoms with E-state index >= 15 is 0 Å². The van der Waals surface area contributed by atoms with Gasteiger partial charge in [0.1, 0.15) is 11.6 Å². The molecule has 0 spiro atoms. The molecule has 0 bridgehead atoms. The summed E-state index contributed by atoms with van der Waals surface area (Å²) < 4.78 is 6.99. The van der Waals surface area contributed by atoms with Crippen LogP contribution in [0.5, 0.6) is 5.75 Å². The molecule has 0 fully saturated rings. The average molecular weight is 302 g/mol. The minimum atomic E-state index is -0.261. The van der Waals surface area contributed by atoms with Crippen molar-refractivity contribution in [2.24, 2.45) is 0 Å². The predicted octanol–water partition coefficient (Wildman–Crippen LogP) is 3.10. The van der Waals surface area contributed by atoms with E-state index in [9.17, 15) is 4.79 Å². The Morgan fingerprint density at radius 1 is 1.36 bits per heavy atom. The first-order valence-corrected chi connectivity index (χ1v) is 7.22. The molecule has 1 aromatic heterocycles. The fourth-order valence-corrected chi connectivity index (χ4v) is 2.21. The zero-order chi connectivity index (χ0) is 16.1. The summed E-state index contributed by atoms with van der Waals surface area (Å²) in [4.78, 5) is 12.0. The number of rotatable bonds is 5. The van der Waals surface area contributed by atoms with Gasteiger partial charge in [-0.2, -0.15) is 5.10 Å². The summed E-state index contributed by atoms with van der Waals surface area (Å²) >= 11 is 0. The smallest absolute Gasteiger partial charge is 0.320 e. The number of aryl methyl sites for hydroxylation is 1. The van der Waals surface area contributed by atoms with E-state index in [-0.39, 0.29) is 12.1 Å². The zero-order valence-corrected chi connectivity index (χ0v) is 13.4. The molecule has 0 aliphatic heterocycles. The van der Waals surface area contributed by atoms with Gasteiger partial charge in [-0.1, -0.05) is 6.07 Å². The van der Waals surface area contributed by atoms with Crippen LogP contribution in [0.1, 0.15) is 31.0 Å². The first-order valence-electron chi connectivity index (χ1n) is 7.22. The Balaban J connectivity index is 1.95. The molecule has 1 aromatic carbocycles. The van der Waals surface area contributed by atoms with Crippen LogP contribution in [0.15, 0.2) is 30.5 Å². The van der Waals surface area contributed by atoms with E-state index in [2.05, 4.69) is 15.7 Å². The lowest BCUT2D eigenvalue weighted by Gasteiger charge is -2.13. The molecule has 0 aliphatic rings. The van der Waals surface area contributed by atoms with E-state index in [1.165, 1.54) is 0 Å². The summed E-state index contributed by atoms with van der Waals surface area (Å²) in [6.07, 6.45) is 1.67. The lowest BCUT2D eigenvalue weighted by Crippen LogP contribution is -2.29. The maximum atomic E-state index is 12.0. The van der Waals surface area contributed by atoms with Crippen molar-refractivity contribution in [2.45, 2.75) is 33.4 Å². The molecule has 0 unspecified atom stereocenters. The quantitative estimate of drug-likeness (QED) is 0.891. The van der Waals surface area contributed by atoms with Crippen molar-refractivity contribution in [3.8, 4) is 5.75 Å². The number of hydrogen-bond acceptors (Lipinski definition) is 3. The topological polar surface area (TPSA) is 68.2 Å². The van der Waals surface area contributed by atoms with Gasteiger partial charge < -0.3 is 10.1 Å². The molecule has 2 amide bonds. The number of aromatic nitrogens is 2. The van der Waals surface area contributed by atoms with Gasteiger partial charge in [0.2, 0.25) is 0 Å². The number of methoxy groups -OCH3 is 1. The average Bonchev–Trinajstić information content (AvgIpc) is 2.92. The molecule has 2 rings (SSSR count). The number of anilines is 1. The summed E-state index contributed by atoms with van der Waals surface area (Å²) in [7, 11) is 1.63. The lowest BCUT2D eigenvalue weighted by molar-refractivity contribution is 0.251. The second kappa shape index (κ2) is 6.98. The van der Waals surface area contributed by atoms with E-state index in [0.29, 0.717) is 12.4 Å². The number of hydrogen-bond donors (Lipinski definition) is 2. The molecule has 22 heavy (non-hydrogen) atoms. The Labute approximate surface area is 130 Å². The highest BCUT2D eigenvalue weighted by Gasteiger charge is 2.09. The molecule has 6 heteroatoms. The molecule has 0 atom stereocenters. The Morgan fingerprint density at radius 2 is 2.14 bits per heavy atom. The van der Waals surface area contributed by atoms with Crippen molar-refractivity contribution >= 4 is 11.8 Å². The summed E-state index contributed by atoms with van der Waals surface area (Å²) in [5, 5.41) is 9.82. The maximum absolute atomic E-state index is 12.0. The largest absolute Gasteiger partial charge is 0.497 e. The fourth-order valence-electron chi connectivity index (χ4n) is 2.21. The van der Waals surface area contributed by atoms with E-state index in [4.69, 9.17) is 4.74 Å². The van der Waals surface area contributed by atoms with Crippen LogP contribution in [0.4, 0.5) is 10.6 Å². The molecule has 2 aromatic rings. The number of carbonyl (C=O) groups is 1. The predicted molar refractivity (Wildman–Crippen MR) is 86.2 cm³/mol. The standard InChI is InChI=1S/C16H22N4O2/c1-11(2)20-15(5-6-18-20)19-16(21)17-10-13-7-12(3)8-14(9-13)22-4/h5-9,11H,10H2,1-4H3,(H2,17,19,21). The second-order valence-corrected chi connectivity index (χ2v) is 5.42. The maximum Gasteiger partial charge on any atom is 0.320 e. The van der Waals surface area contributed by atoms with Crippen LogP contribution in [0.25, 0.3) is 0 Å².